The molecule has 0 radical (unpaired) electrons. The molecule has 7 nitrogen and oxygen atoms in total. The maximum atomic E-state index is 13.0. The van der Waals surface area contributed by atoms with E-state index < -0.39 is 6.10 Å². The summed E-state index contributed by atoms with van der Waals surface area (Å²) in [4.78, 5) is 19.7. The van der Waals surface area contributed by atoms with Gasteiger partial charge in [0.1, 0.15) is 30.0 Å². The van der Waals surface area contributed by atoms with Gasteiger partial charge in [0.15, 0.2) is 0 Å². The summed E-state index contributed by atoms with van der Waals surface area (Å²) in [6, 6.07) is 21.4. The minimum atomic E-state index is -0.739. The van der Waals surface area contributed by atoms with Crippen LogP contribution in [0.5, 0.6) is 11.5 Å². The van der Waals surface area contributed by atoms with Crippen molar-refractivity contribution in [1.29, 1.82) is 0 Å². The van der Waals surface area contributed by atoms with Crippen LogP contribution in [-0.4, -0.2) is 46.9 Å². The van der Waals surface area contributed by atoms with Crippen molar-refractivity contribution >= 4 is 22.6 Å². The summed E-state index contributed by atoms with van der Waals surface area (Å²) in [5.41, 5.74) is 4.87. The molecule has 186 valence electrons. The smallest absolute Gasteiger partial charge is 0.227 e. The average Bonchev–Trinajstić information content (AvgIpc) is 3.43. The number of imidazole rings is 1. The van der Waals surface area contributed by atoms with Crippen molar-refractivity contribution < 1.29 is 19.4 Å². The van der Waals surface area contributed by atoms with Crippen LogP contribution in [0.4, 0.5) is 5.69 Å². The number of carbonyl (C=O) groups excluding carboxylic acids is 1. The Morgan fingerprint density at radius 3 is 2.47 bits per heavy atom. The van der Waals surface area contributed by atoms with Crippen LogP contribution in [0, 0.1) is 13.8 Å². The van der Waals surface area contributed by atoms with E-state index >= 15 is 0 Å². The Morgan fingerprint density at radius 2 is 1.75 bits per heavy atom. The molecular formula is C29H31N3O4. The van der Waals surface area contributed by atoms with E-state index in [9.17, 15) is 9.90 Å². The van der Waals surface area contributed by atoms with Crippen molar-refractivity contribution in [2.24, 2.45) is 0 Å². The minimum absolute atomic E-state index is 0.0578. The third-order valence-corrected chi connectivity index (χ3v) is 6.59. The second kappa shape index (κ2) is 10.0. The monoisotopic (exact) mass is 485 g/mol. The number of ether oxygens (including phenoxy) is 2. The van der Waals surface area contributed by atoms with E-state index in [1.807, 2.05) is 79.1 Å². The number of aryl methyl sites for hydroxylation is 2. The Balaban J connectivity index is 1.36. The van der Waals surface area contributed by atoms with Crippen LogP contribution in [0.15, 0.2) is 66.7 Å². The number of aliphatic hydroxyl groups excluding tert-OH is 1. The highest BCUT2D eigenvalue weighted by Crippen LogP contribution is 2.34. The van der Waals surface area contributed by atoms with E-state index in [-0.39, 0.29) is 18.4 Å². The third-order valence-electron chi connectivity index (χ3n) is 6.59. The molecule has 1 amide bonds. The number of nitrogens with zero attached hydrogens (tertiary/aromatic N) is 3. The van der Waals surface area contributed by atoms with Gasteiger partial charge in [0.05, 0.1) is 24.7 Å². The summed E-state index contributed by atoms with van der Waals surface area (Å²) in [6.07, 6.45) is -0.373. The summed E-state index contributed by atoms with van der Waals surface area (Å²) in [6.45, 7) is 5.07. The predicted octanol–water partition coefficient (Wildman–Crippen LogP) is 4.62. The Hall–Kier alpha value is -3.84. The summed E-state index contributed by atoms with van der Waals surface area (Å²) < 4.78 is 13.2. The Kier molecular flexibility index (Phi) is 6.65. The summed E-state index contributed by atoms with van der Waals surface area (Å²) in [7, 11) is 1.62. The fraction of sp³-hybridized carbons (Fsp3) is 0.310. The SMILES string of the molecule is COc1ccc(N2C[C@H](c3nc4ccccc4n3C[C@@H](O)COc3cc(C)cc(C)c3)CC2=O)cc1. The van der Waals surface area contributed by atoms with Gasteiger partial charge in [0.2, 0.25) is 5.91 Å². The minimum Gasteiger partial charge on any atom is -0.497 e. The van der Waals surface area contributed by atoms with Gasteiger partial charge in [-0.2, -0.15) is 0 Å². The van der Waals surface area contributed by atoms with Crippen molar-refractivity contribution in [2.75, 3.05) is 25.2 Å². The fourth-order valence-electron chi connectivity index (χ4n) is 4.96. The second-order valence-corrected chi connectivity index (χ2v) is 9.46. The molecule has 36 heavy (non-hydrogen) atoms. The number of fused-ring (bicyclic) bond motifs is 1. The molecule has 1 N–H and O–H groups in total. The topological polar surface area (TPSA) is 76.8 Å². The third kappa shape index (κ3) is 4.93. The number of methoxy groups -OCH3 is 1. The van der Waals surface area contributed by atoms with E-state index in [0.717, 1.165) is 45.2 Å². The normalized spacial score (nSPS) is 16.5. The lowest BCUT2D eigenvalue weighted by molar-refractivity contribution is -0.117. The van der Waals surface area contributed by atoms with Crippen LogP contribution >= 0.6 is 0 Å². The molecule has 5 rings (SSSR count). The van der Waals surface area contributed by atoms with Gasteiger partial charge in [-0.15, -0.1) is 0 Å². The number of rotatable bonds is 8. The van der Waals surface area contributed by atoms with Crippen molar-refractivity contribution in [1.82, 2.24) is 9.55 Å². The molecular weight excluding hydrogens is 454 g/mol. The van der Waals surface area contributed by atoms with Crippen LogP contribution in [0.25, 0.3) is 11.0 Å². The van der Waals surface area contributed by atoms with Crippen molar-refractivity contribution in [3.8, 4) is 11.5 Å². The van der Waals surface area contributed by atoms with Crippen LogP contribution in [0.3, 0.4) is 0 Å². The summed E-state index contributed by atoms with van der Waals surface area (Å²) in [5.74, 6) is 2.28. The quantitative estimate of drug-likeness (QED) is 0.394. The molecule has 1 aromatic heterocycles. The molecule has 0 bridgehead atoms. The molecule has 0 aliphatic carbocycles. The zero-order valence-electron chi connectivity index (χ0n) is 20.8. The number of aliphatic hydroxyl groups is 1. The van der Waals surface area contributed by atoms with Crippen molar-refractivity contribution in [3.63, 3.8) is 0 Å². The van der Waals surface area contributed by atoms with Gasteiger partial charge in [0, 0.05) is 24.6 Å². The van der Waals surface area contributed by atoms with Crippen LogP contribution in [-0.2, 0) is 11.3 Å². The lowest BCUT2D eigenvalue weighted by atomic mass is 10.1. The molecule has 2 atom stereocenters. The molecule has 4 aromatic rings. The first-order chi connectivity index (χ1) is 17.4. The van der Waals surface area contributed by atoms with Gasteiger partial charge < -0.3 is 24.0 Å². The predicted molar refractivity (Wildman–Crippen MR) is 140 cm³/mol. The first-order valence-corrected chi connectivity index (χ1v) is 12.2. The van der Waals surface area contributed by atoms with Gasteiger partial charge >= 0.3 is 0 Å². The number of hydrogen-bond acceptors (Lipinski definition) is 5. The van der Waals surface area contributed by atoms with Crippen molar-refractivity contribution in [3.05, 3.63) is 83.7 Å². The number of carbonyl (C=O) groups is 1. The second-order valence-electron chi connectivity index (χ2n) is 9.46. The zero-order valence-corrected chi connectivity index (χ0v) is 20.8. The van der Waals surface area contributed by atoms with Gasteiger partial charge in [-0.05, 0) is 73.5 Å². The molecule has 7 heteroatoms. The first kappa shape index (κ1) is 23.9. The van der Waals surface area contributed by atoms with Crippen molar-refractivity contribution in [2.45, 2.75) is 38.8 Å². The van der Waals surface area contributed by atoms with Gasteiger partial charge in [0.25, 0.3) is 0 Å². The molecule has 2 heterocycles. The van der Waals surface area contributed by atoms with E-state index in [1.54, 1.807) is 12.0 Å². The standard InChI is InChI=1S/C29H31N3O4/c1-19-12-20(2)14-25(13-19)36-18-23(33)17-32-27-7-5-4-6-26(27)30-29(32)21-15-28(34)31(16-21)22-8-10-24(35-3)11-9-22/h4-14,21,23,33H,15-18H2,1-3H3/t21-,23-/m1/s1. The Bertz CT molecular complexity index is 1360. The van der Waals surface area contributed by atoms with Crippen LogP contribution < -0.4 is 14.4 Å². The fourth-order valence-corrected chi connectivity index (χ4v) is 4.96. The molecule has 0 saturated carbocycles. The molecule has 1 aliphatic rings. The van der Waals surface area contributed by atoms with Crippen LogP contribution in [0.1, 0.15) is 29.3 Å². The van der Waals surface area contributed by atoms with Gasteiger partial charge in [-0.25, -0.2) is 4.98 Å². The summed E-state index contributed by atoms with van der Waals surface area (Å²) in [5, 5.41) is 10.9. The molecule has 0 unspecified atom stereocenters. The average molecular weight is 486 g/mol. The number of aromatic nitrogens is 2. The highest BCUT2D eigenvalue weighted by atomic mass is 16.5. The Labute approximate surface area is 210 Å². The lowest BCUT2D eigenvalue weighted by Gasteiger charge is -2.19. The Morgan fingerprint density at radius 1 is 1.03 bits per heavy atom. The molecule has 0 spiro atoms. The zero-order chi connectivity index (χ0) is 25.2. The first-order valence-electron chi connectivity index (χ1n) is 12.2. The highest BCUT2D eigenvalue weighted by molar-refractivity contribution is 5.96. The molecule has 1 aliphatic heterocycles. The largest absolute Gasteiger partial charge is 0.497 e. The van der Waals surface area contributed by atoms with E-state index in [4.69, 9.17) is 14.5 Å². The molecule has 1 saturated heterocycles. The number of hydrogen-bond donors (Lipinski definition) is 1. The molecule has 1 fully saturated rings. The lowest BCUT2D eigenvalue weighted by Crippen LogP contribution is -2.26. The van der Waals surface area contributed by atoms with E-state index in [2.05, 4.69) is 6.07 Å². The van der Waals surface area contributed by atoms with Gasteiger partial charge in [-0.1, -0.05) is 18.2 Å². The highest BCUT2D eigenvalue weighted by Gasteiger charge is 2.35. The van der Waals surface area contributed by atoms with E-state index in [1.165, 1.54) is 0 Å². The number of benzene rings is 3. The summed E-state index contributed by atoms with van der Waals surface area (Å²) >= 11 is 0. The number of amides is 1. The number of anilines is 1. The van der Waals surface area contributed by atoms with E-state index in [0.29, 0.717) is 19.5 Å². The number of para-hydroxylation sites is 2. The maximum absolute atomic E-state index is 13.0. The maximum Gasteiger partial charge on any atom is 0.227 e. The molecule has 3 aromatic carbocycles. The van der Waals surface area contributed by atoms with Gasteiger partial charge in [-0.3, -0.25) is 4.79 Å². The van der Waals surface area contributed by atoms with Crippen LogP contribution in [0.2, 0.25) is 0 Å².